The number of ether oxygens (including phenoxy) is 3. The lowest BCUT2D eigenvalue weighted by atomic mass is 10.0. The molecule has 0 atom stereocenters. The van der Waals surface area contributed by atoms with Crippen molar-refractivity contribution in [2.75, 3.05) is 19.5 Å². The van der Waals surface area contributed by atoms with Crippen LogP contribution >= 0.6 is 0 Å². The molecule has 0 radical (unpaired) electrons. The molecule has 42 heavy (non-hydrogen) atoms. The zero-order valence-corrected chi connectivity index (χ0v) is 23.1. The molecule has 0 unspecified atom stereocenters. The maximum absolute atomic E-state index is 13.5. The molecule has 2 aromatic carbocycles. The van der Waals surface area contributed by atoms with E-state index in [4.69, 9.17) is 14.2 Å². The van der Waals surface area contributed by atoms with Crippen LogP contribution in [0.5, 0.6) is 23.1 Å². The van der Waals surface area contributed by atoms with Crippen molar-refractivity contribution in [1.82, 2.24) is 14.5 Å². The van der Waals surface area contributed by atoms with E-state index in [1.165, 1.54) is 43.1 Å². The molecule has 0 spiro atoms. The second-order valence-electron chi connectivity index (χ2n) is 9.15. The molecular weight excluding hydrogens is 541 g/mol. The van der Waals surface area contributed by atoms with E-state index in [0.717, 1.165) is 0 Å². The van der Waals surface area contributed by atoms with Gasteiger partial charge in [0.2, 0.25) is 0 Å². The number of rotatable bonds is 7. The first-order valence-corrected chi connectivity index (χ1v) is 12.6. The number of hydrogen-bond donors (Lipinski definition) is 1. The maximum atomic E-state index is 13.5. The Labute approximate surface area is 239 Å². The minimum absolute atomic E-state index is 0.181. The molecule has 5 rings (SSSR count). The van der Waals surface area contributed by atoms with E-state index in [2.05, 4.69) is 21.4 Å². The maximum Gasteiger partial charge on any atom is 0.268 e. The summed E-state index contributed by atoms with van der Waals surface area (Å²) in [5.74, 6) is 0.433. The van der Waals surface area contributed by atoms with E-state index in [0.29, 0.717) is 45.4 Å². The lowest BCUT2D eigenvalue weighted by Gasteiger charge is -2.17. The molecule has 0 fully saturated rings. The van der Waals surface area contributed by atoms with Crippen LogP contribution in [0.2, 0.25) is 0 Å². The van der Waals surface area contributed by atoms with Crippen LogP contribution < -0.4 is 25.1 Å². The molecule has 0 aliphatic rings. The van der Waals surface area contributed by atoms with Gasteiger partial charge in [-0.05, 0) is 67.9 Å². The van der Waals surface area contributed by atoms with Gasteiger partial charge in [0.05, 0.1) is 25.3 Å². The van der Waals surface area contributed by atoms with Crippen molar-refractivity contribution in [2.45, 2.75) is 13.8 Å². The van der Waals surface area contributed by atoms with Gasteiger partial charge in [-0.25, -0.2) is 9.37 Å². The standard InChI is InChI=1S/C31H24FN5O5/c1-17-23(16-33)18(2)37(21-9-5-19(32)6-10-21)31(39)27(17)29(38)35-20-7-11-22(12-8-20)42-25-13-14-34-24-15-26(40-3)30(41-4)36-28(24)25/h5-15H,1-4H3,(H,35,38). The van der Waals surface area contributed by atoms with Gasteiger partial charge in [-0.15, -0.1) is 0 Å². The van der Waals surface area contributed by atoms with Crippen molar-refractivity contribution in [3.05, 3.63) is 105 Å². The number of nitrogens with zero attached hydrogens (tertiary/aromatic N) is 4. The number of halogens is 1. The highest BCUT2D eigenvalue weighted by molar-refractivity contribution is 6.05. The van der Waals surface area contributed by atoms with Gasteiger partial charge < -0.3 is 19.5 Å². The third kappa shape index (κ3) is 5.09. The zero-order valence-electron chi connectivity index (χ0n) is 23.1. The summed E-state index contributed by atoms with van der Waals surface area (Å²) in [7, 11) is 2.99. The second kappa shape index (κ2) is 11.4. The normalized spacial score (nSPS) is 10.7. The first-order chi connectivity index (χ1) is 20.2. The third-order valence-corrected chi connectivity index (χ3v) is 6.65. The van der Waals surface area contributed by atoms with E-state index in [9.17, 15) is 19.2 Å². The number of carbonyl (C=O) groups excluding carboxylic acids is 1. The minimum atomic E-state index is -0.691. The number of nitrogens with one attached hydrogen (secondary N) is 1. The molecule has 0 aliphatic heterocycles. The van der Waals surface area contributed by atoms with Crippen molar-refractivity contribution < 1.29 is 23.4 Å². The van der Waals surface area contributed by atoms with Crippen molar-refractivity contribution in [2.24, 2.45) is 0 Å². The lowest BCUT2D eigenvalue weighted by molar-refractivity contribution is 0.102. The third-order valence-electron chi connectivity index (χ3n) is 6.65. The monoisotopic (exact) mass is 565 g/mol. The Morgan fingerprint density at radius 3 is 2.36 bits per heavy atom. The molecule has 0 saturated heterocycles. The SMILES string of the molecule is COc1cc2nccc(Oc3ccc(NC(=O)c4c(C)c(C#N)c(C)n(-c5ccc(F)cc5)c4=O)cc3)c2nc1OC. The smallest absolute Gasteiger partial charge is 0.268 e. The predicted molar refractivity (Wildman–Crippen MR) is 153 cm³/mol. The van der Waals surface area contributed by atoms with Gasteiger partial charge in [-0.2, -0.15) is 5.26 Å². The molecule has 1 N–H and O–H groups in total. The average Bonchev–Trinajstić information content (AvgIpc) is 2.98. The van der Waals surface area contributed by atoms with Crippen molar-refractivity contribution in [3.8, 4) is 34.9 Å². The number of anilines is 1. The highest BCUT2D eigenvalue weighted by Gasteiger charge is 2.23. The molecule has 5 aromatic rings. The summed E-state index contributed by atoms with van der Waals surface area (Å²) in [5, 5.41) is 12.5. The largest absolute Gasteiger partial charge is 0.491 e. The van der Waals surface area contributed by atoms with Crippen molar-refractivity contribution in [1.29, 1.82) is 5.26 Å². The lowest BCUT2D eigenvalue weighted by Crippen LogP contribution is -2.32. The first-order valence-electron chi connectivity index (χ1n) is 12.6. The Hall–Kier alpha value is -5.76. The number of carbonyl (C=O) groups is 1. The molecule has 11 heteroatoms. The van der Waals surface area contributed by atoms with Gasteiger partial charge in [-0.3, -0.25) is 19.1 Å². The Balaban J connectivity index is 1.43. The van der Waals surface area contributed by atoms with Gasteiger partial charge in [0.15, 0.2) is 11.5 Å². The molecule has 3 aromatic heterocycles. The van der Waals surface area contributed by atoms with E-state index < -0.39 is 17.3 Å². The molecule has 0 bridgehead atoms. The number of aromatic nitrogens is 3. The number of benzene rings is 2. The number of nitriles is 1. The summed E-state index contributed by atoms with van der Waals surface area (Å²) < 4.78 is 31.4. The first kappa shape index (κ1) is 27.8. The van der Waals surface area contributed by atoms with E-state index in [-0.39, 0.29) is 22.6 Å². The summed E-state index contributed by atoms with van der Waals surface area (Å²) >= 11 is 0. The van der Waals surface area contributed by atoms with E-state index in [1.807, 2.05) is 0 Å². The van der Waals surface area contributed by atoms with E-state index >= 15 is 0 Å². The number of amides is 1. The fraction of sp³-hybridized carbons (Fsp3) is 0.129. The summed E-state index contributed by atoms with van der Waals surface area (Å²) in [5.41, 5.74) is 1.69. The van der Waals surface area contributed by atoms with Crippen LogP contribution in [0, 0.1) is 31.0 Å². The molecule has 3 heterocycles. The Kier molecular flexibility index (Phi) is 7.53. The fourth-order valence-corrected chi connectivity index (χ4v) is 4.58. The molecular formula is C31H24FN5O5. The zero-order chi connectivity index (χ0) is 30.0. The van der Waals surface area contributed by atoms with Crippen LogP contribution in [0.4, 0.5) is 10.1 Å². The van der Waals surface area contributed by atoms with Crippen molar-refractivity contribution in [3.63, 3.8) is 0 Å². The molecule has 10 nitrogen and oxygen atoms in total. The van der Waals surface area contributed by atoms with Crippen LogP contribution in [-0.2, 0) is 0 Å². The summed E-state index contributed by atoms with van der Waals surface area (Å²) in [6.45, 7) is 3.15. The van der Waals surface area contributed by atoms with Gasteiger partial charge >= 0.3 is 0 Å². The number of pyridine rings is 3. The van der Waals surface area contributed by atoms with Crippen molar-refractivity contribution >= 4 is 22.6 Å². The Morgan fingerprint density at radius 2 is 1.71 bits per heavy atom. The Bertz CT molecular complexity index is 1930. The molecule has 0 saturated carbocycles. The topological polar surface area (TPSA) is 128 Å². The van der Waals surface area contributed by atoms with Crippen LogP contribution in [0.3, 0.4) is 0 Å². The van der Waals surface area contributed by atoms with Gasteiger partial charge in [0.1, 0.15) is 28.7 Å². The van der Waals surface area contributed by atoms with Crippen LogP contribution in [0.25, 0.3) is 16.7 Å². The average molecular weight is 566 g/mol. The minimum Gasteiger partial charge on any atom is -0.491 e. The van der Waals surface area contributed by atoms with Crippen LogP contribution in [0.1, 0.15) is 27.2 Å². The highest BCUT2D eigenvalue weighted by atomic mass is 19.1. The van der Waals surface area contributed by atoms with Gasteiger partial charge in [0, 0.05) is 35.4 Å². The summed E-state index contributed by atoms with van der Waals surface area (Å²) in [6, 6.07) is 17.2. The molecule has 1 amide bonds. The number of hydrogen-bond acceptors (Lipinski definition) is 8. The van der Waals surface area contributed by atoms with Gasteiger partial charge in [0.25, 0.3) is 17.3 Å². The second-order valence-corrected chi connectivity index (χ2v) is 9.15. The quantitative estimate of drug-likeness (QED) is 0.275. The highest BCUT2D eigenvalue weighted by Crippen LogP contribution is 2.34. The summed E-state index contributed by atoms with van der Waals surface area (Å²) in [4.78, 5) is 35.6. The molecule has 210 valence electrons. The fourth-order valence-electron chi connectivity index (χ4n) is 4.58. The molecule has 0 aliphatic carbocycles. The Morgan fingerprint density at radius 1 is 1.00 bits per heavy atom. The van der Waals surface area contributed by atoms with Crippen LogP contribution in [-0.4, -0.2) is 34.7 Å². The number of fused-ring (bicyclic) bond motifs is 1. The van der Waals surface area contributed by atoms with Crippen LogP contribution in [0.15, 0.2) is 71.7 Å². The van der Waals surface area contributed by atoms with Gasteiger partial charge in [-0.1, -0.05) is 0 Å². The summed E-state index contributed by atoms with van der Waals surface area (Å²) in [6.07, 6.45) is 1.58. The predicted octanol–water partition coefficient (Wildman–Crippen LogP) is 5.47. The van der Waals surface area contributed by atoms with E-state index in [1.54, 1.807) is 56.4 Å². The number of methoxy groups -OCH3 is 2.